The van der Waals surface area contributed by atoms with Gasteiger partial charge in [0.1, 0.15) is 16.0 Å². The van der Waals surface area contributed by atoms with Crippen LogP contribution in [0.5, 0.6) is 0 Å². The Morgan fingerprint density at radius 1 is 1.35 bits per heavy atom. The average molecular weight is 318 g/mol. The fourth-order valence-corrected chi connectivity index (χ4v) is 2.86. The van der Waals surface area contributed by atoms with Gasteiger partial charge in [-0.1, -0.05) is 13.0 Å². The number of fused-ring (bicyclic) bond motifs is 1. The number of rotatable bonds is 6. The van der Waals surface area contributed by atoms with Crippen LogP contribution in [-0.4, -0.2) is 34.2 Å². The molecule has 0 spiro atoms. The van der Waals surface area contributed by atoms with E-state index in [1.165, 1.54) is 0 Å². The minimum absolute atomic E-state index is 0.288. The second-order valence-electron chi connectivity index (χ2n) is 4.59. The van der Waals surface area contributed by atoms with E-state index in [2.05, 4.69) is 5.32 Å². The van der Waals surface area contributed by atoms with Gasteiger partial charge in [0.25, 0.3) is 0 Å². The van der Waals surface area contributed by atoms with Gasteiger partial charge in [0.05, 0.1) is 18.9 Å². The third-order valence-electron chi connectivity index (χ3n) is 3.41. The fraction of sp³-hybridized carbons (Fsp3) is 0.429. The van der Waals surface area contributed by atoms with E-state index in [4.69, 9.17) is 27.6 Å². The normalized spacial score (nSPS) is 16.5. The van der Waals surface area contributed by atoms with Gasteiger partial charge in [-0.05, 0) is 30.3 Å². The van der Waals surface area contributed by atoms with E-state index < -0.39 is 16.5 Å². The van der Waals surface area contributed by atoms with Crippen molar-refractivity contribution in [3.05, 3.63) is 36.1 Å². The zero-order valence-corrected chi connectivity index (χ0v) is 12.5. The highest BCUT2D eigenvalue weighted by Crippen LogP contribution is 2.36. The van der Waals surface area contributed by atoms with Crippen LogP contribution in [0.1, 0.15) is 12.5 Å². The molecule has 0 amide bonds. The van der Waals surface area contributed by atoms with Crippen LogP contribution in [0.15, 0.2) is 34.9 Å². The van der Waals surface area contributed by atoms with Gasteiger partial charge in [0.2, 0.25) is 0 Å². The molecule has 2 unspecified atom stereocenters. The van der Waals surface area contributed by atoms with E-state index in [9.17, 15) is 10.2 Å². The monoisotopic (exact) mass is 317 g/mol. The SMILES string of the molecule is CCNC(CO)C(O)(c1ccc2occc2c1)C(Cl)Cl. The number of alkyl halides is 2. The molecule has 0 radical (unpaired) electrons. The van der Waals surface area contributed by atoms with Gasteiger partial charge < -0.3 is 19.9 Å². The van der Waals surface area contributed by atoms with Crippen molar-refractivity contribution in [2.75, 3.05) is 13.2 Å². The molecule has 2 rings (SSSR count). The predicted molar refractivity (Wildman–Crippen MR) is 80.2 cm³/mol. The first-order chi connectivity index (χ1) is 9.53. The zero-order valence-electron chi connectivity index (χ0n) is 11.0. The molecule has 0 aliphatic carbocycles. The largest absolute Gasteiger partial charge is 0.464 e. The van der Waals surface area contributed by atoms with Crippen LogP contribution >= 0.6 is 23.2 Å². The van der Waals surface area contributed by atoms with Crippen molar-refractivity contribution in [2.24, 2.45) is 0 Å². The third-order valence-corrected chi connectivity index (χ3v) is 4.08. The Bertz CT molecular complexity index is 572. The number of aliphatic hydroxyl groups excluding tert-OH is 1. The summed E-state index contributed by atoms with van der Waals surface area (Å²) in [7, 11) is 0. The molecule has 0 aliphatic rings. The molecule has 6 heteroatoms. The number of nitrogens with one attached hydrogen (secondary N) is 1. The van der Waals surface area contributed by atoms with Crippen molar-refractivity contribution in [2.45, 2.75) is 23.4 Å². The molecule has 0 aliphatic heterocycles. The van der Waals surface area contributed by atoms with Crippen molar-refractivity contribution in [1.82, 2.24) is 5.32 Å². The molecule has 4 nitrogen and oxygen atoms in total. The Morgan fingerprint density at radius 3 is 2.70 bits per heavy atom. The first kappa shape index (κ1) is 15.6. The van der Waals surface area contributed by atoms with E-state index >= 15 is 0 Å². The quantitative estimate of drug-likeness (QED) is 0.716. The number of aliphatic hydroxyl groups is 2. The molecule has 0 fully saturated rings. The maximum atomic E-state index is 10.9. The number of benzene rings is 1. The highest BCUT2D eigenvalue weighted by Gasteiger charge is 2.43. The maximum absolute atomic E-state index is 10.9. The lowest BCUT2D eigenvalue weighted by molar-refractivity contribution is -0.0101. The van der Waals surface area contributed by atoms with Gasteiger partial charge in [-0.15, -0.1) is 23.2 Å². The lowest BCUT2D eigenvalue weighted by Crippen LogP contribution is -2.54. The topological polar surface area (TPSA) is 65.6 Å². The van der Waals surface area contributed by atoms with Gasteiger partial charge >= 0.3 is 0 Å². The molecule has 2 aromatic rings. The Hall–Kier alpha value is -0.780. The van der Waals surface area contributed by atoms with Crippen LogP contribution in [0.25, 0.3) is 11.0 Å². The smallest absolute Gasteiger partial charge is 0.142 e. The van der Waals surface area contributed by atoms with Crippen molar-refractivity contribution in [1.29, 1.82) is 0 Å². The maximum Gasteiger partial charge on any atom is 0.142 e. The fourth-order valence-electron chi connectivity index (χ4n) is 2.30. The molecular weight excluding hydrogens is 301 g/mol. The summed E-state index contributed by atoms with van der Waals surface area (Å²) in [6.07, 6.45) is 1.57. The van der Waals surface area contributed by atoms with Crippen molar-refractivity contribution in [3.8, 4) is 0 Å². The first-order valence-electron chi connectivity index (χ1n) is 6.36. The summed E-state index contributed by atoms with van der Waals surface area (Å²) < 4.78 is 5.27. The van der Waals surface area contributed by atoms with E-state index in [-0.39, 0.29) is 6.61 Å². The van der Waals surface area contributed by atoms with Crippen molar-refractivity contribution < 1.29 is 14.6 Å². The summed E-state index contributed by atoms with van der Waals surface area (Å²) >= 11 is 12.0. The number of hydrogen-bond donors (Lipinski definition) is 3. The Balaban J connectivity index is 2.49. The Morgan fingerprint density at radius 2 is 2.10 bits per heavy atom. The number of likely N-dealkylation sites (N-methyl/N-ethyl adjacent to an activating group) is 1. The molecule has 1 aromatic carbocycles. The predicted octanol–water partition coefficient (Wildman–Crippen LogP) is 2.39. The van der Waals surface area contributed by atoms with Crippen LogP contribution in [-0.2, 0) is 5.60 Å². The number of furan rings is 1. The first-order valence-corrected chi connectivity index (χ1v) is 7.23. The summed E-state index contributed by atoms with van der Waals surface area (Å²) in [6, 6.07) is 6.32. The third kappa shape index (κ3) is 2.67. The van der Waals surface area contributed by atoms with Crippen LogP contribution in [0.3, 0.4) is 0 Å². The summed E-state index contributed by atoms with van der Waals surface area (Å²) in [5, 5.41) is 24.3. The molecule has 20 heavy (non-hydrogen) atoms. The highest BCUT2D eigenvalue weighted by atomic mass is 35.5. The van der Waals surface area contributed by atoms with Gasteiger partial charge in [-0.25, -0.2) is 0 Å². The molecular formula is C14H17Cl2NO3. The van der Waals surface area contributed by atoms with Crippen LogP contribution in [0.2, 0.25) is 0 Å². The lowest BCUT2D eigenvalue weighted by Gasteiger charge is -2.37. The minimum atomic E-state index is -1.60. The van der Waals surface area contributed by atoms with Gasteiger partial charge in [-0.3, -0.25) is 0 Å². The summed E-state index contributed by atoms with van der Waals surface area (Å²) in [6.45, 7) is 2.16. The summed E-state index contributed by atoms with van der Waals surface area (Å²) in [4.78, 5) is -1.09. The molecule has 0 saturated carbocycles. The van der Waals surface area contributed by atoms with E-state index in [0.717, 1.165) is 5.39 Å². The summed E-state index contributed by atoms with van der Waals surface area (Å²) in [5.41, 5.74) is -0.360. The highest BCUT2D eigenvalue weighted by molar-refractivity contribution is 6.45. The molecule has 1 aromatic heterocycles. The second-order valence-corrected chi connectivity index (χ2v) is 5.69. The molecule has 110 valence electrons. The average Bonchev–Trinajstić information content (AvgIpc) is 2.90. The number of halogens is 2. The number of hydrogen-bond acceptors (Lipinski definition) is 4. The van der Waals surface area contributed by atoms with Crippen molar-refractivity contribution >= 4 is 34.2 Å². The minimum Gasteiger partial charge on any atom is -0.464 e. The van der Waals surface area contributed by atoms with E-state index in [1.54, 1.807) is 30.5 Å². The molecule has 0 saturated heterocycles. The van der Waals surface area contributed by atoms with E-state index in [0.29, 0.717) is 17.7 Å². The Kier molecular flexibility index (Phi) is 4.94. The molecule has 1 heterocycles. The molecule has 3 N–H and O–H groups in total. The van der Waals surface area contributed by atoms with Crippen LogP contribution in [0.4, 0.5) is 0 Å². The lowest BCUT2D eigenvalue weighted by atomic mass is 9.87. The Labute approximate surface area is 127 Å². The van der Waals surface area contributed by atoms with Gasteiger partial charge in [0, 0.05) is 5.39 Å². The standard InChI is InChI=1S/C14H17Cl2NO3/c1-2-17-12(8-18)14(19,13(15)16)10-3-4-11-9(7-10)5-6-20-11/h3-7,12-13,17-19H,2,8H2,1H3. The molecule has 0 bridgehead atoms. The zero-order chi connectivity index (χ0) is 14.8. The van der Waals surface area contributed by atoms with Crippen molar-refractivity contribution in [3.63, 3.8) is 0 Å². The second kappa shape index (κ2) is 6.33. The van der Waals surface area contributed by atoms with Gasteiger partial charge in [-0.2, -0.15) is 0 Å². The van der Waals surface area contributed by atoms with Gasteiger partial charge in [0.15, 0.2) is 0 Å². The molecule has 2 atom stereocenters. The van der Waals surface area contributed by atoms with Crippen LogP contribution in [0, 0.1) is 0 Å². The van der Waals surface area contributed by atoms with E-state index in [1.807, 2.05) is 6.92 Å². The van der Waals surface area contributed by atoms with Crippen LogP contribution < -0.4 is 5.32 Å². The summed E-state index contributed by atoms with van der Waals surface area (Å²) in [5.74, 6) is 0.